The number of nitrogens with one attached hydrogen (secondary N) is 1. The topological polar surface area (TPSA) is 177 Å². The van der Waals surface area contributed by atoms with Gasteiger partial charge in [-0.1, -0.05) is 0 Å². The lowest BCUT2D eigenvalue weighted by Gasteiger charge is -2.17. The van der Waals surface area contributed by atoms with Crippen molar-refractivity contribution in [2.75, 3.05) is 6.61 Å². The molecule has 0 amide bonds. The number of ether oxygens (including phenoxy) is 1. The van der Waals surface area contributed by atoms with Crippen molar-refractivity contribution < 1.29 is 41.8 Å². The SMILES string of the molecule is O=c1ccn([C@@H]2C[C@H](F)[C@@H](COP(=O)(O)OP(=O)(O)O)O2)c(=O)[nH]1. The second-order valence-electron chi connectivity index (χ2n) is 4.73. The Kier molecular flexibility index (Phi) is 5.57. The summed E-state index contributed by atoms with van der Waals surface area (Å²) < 4.78 is 49.6. The highest BCUT2D eigenvalue weighted by Gasteiger charge is 2.40. The van der Waals surface area contributed by atoms with Gasteiger partial charge >= 0.3 is 21.3 Å². The molecule has 4 N–H and O–H groups in total. The van der Waals surface area contributed by atoms with Crippen molar-refractivity contribution in [3.63, 3.8) is 0 Å². The number of hydrogen-bond acceptors (Lipinski definition) is 7. The van der Waals surface area contributed by atoms with Crippen molar-refractivity contribution in [2.45, 2.75) is 24.9 Å². The minimum Gasteiger partial charge on any atom is -0.349 e. The predicted octanol–water partition coefficient (Wildman–Crippen LogP) is -0.612. The van der Waals surface area contributed by atoms with Crippen molar-refractivity contribution in [1.82, 2.24) is 9.55 Å². The molecular weight excluding hydrogens is 377 g/mol. The molecule has 12 nitrogen and oxygen atoms in total. The lowest BCUT2D eigenvalue weighted by atomic mass is 10.2. The molecule has 0 aliphatic carbocycles. The molecule has 1 saturated heterocycles. The molecule has 0 aromatic carbocycles. The van der Waals surface area contributed by atoms with Crippen LogP contribution in [0.4, 0.5) is 4.39 Å². The van der Waals surface area contributed by atoms with Gasteiger partial charge in [-0.2, -0.15) is 4.31 Å². The Hall–Kier alpha value is -1.17. The summed E-state index contributed by atoms with van der Waals surface area (Å²) in [6.07, 6.45) is -3.41. The van der Waals surface area contributed by atoms with Crippen LogP contribution in [0.2, 0.25) is 0 Å². The summed E-state index contributed by atoms with van der Waals surface area (Å²) in [5.74, 6) is 0. The van der Waals surface area contributed by atoms with Crippen LogP contribution in [-0.2, 0) is 22.7 Å². The van der Waals surface area contributed by atoms with E-state index in [2.05, 4.69) is 8.83 Å². The van der Waals surface area contributed by atoms with Gasteiger partial charge in [0.1, 0.15) is 18.5 Å². The van der Waals surface area contributed by atoms with Crippen LogP contribution in [0.3, 0.4) is 0 Å². The van der Waals surface area contributed by atoms with E-state index in [4.69, 9.17) is 19.4 Å². The molecule has 2 rings (SSSR count). The highest BCUT2D eigenvalue weighted by molar-refractivity contribution is 7.60. The Labute approximate surface area is 132 Å². The second kappa shape index (κ2) is 6.98. The minimum atomic E-state index is -5.29. The van der Waals surface area contributed by atoms with Gasteiger partial charge in [0.25, 0.3) is 5.56 Å². The summed E-state index contributed by atoms with van der Waals surface area (Å²) in [5, 5.41) is 0. The van der Waals surface area contributed by atoms with Crippen LogP contribution in [-0.4, -0.2) is 43.1 Å². The summed E-state index contributed by atoms with van der Waals surface area (Å²) in [4.78, 5) is 50.5. The van der Waals surface area contributed by atoms with E-state index in [0.717, 1.165) is 16.8 Å². The van der Waals surface area contributed by atoms with Crippen molar-refractivity contribution in [2.24, 2.45) is 0 Å². The number of aromatic amines is 1. The number of nitrogens with zero attached hydrogens (tertiary/aromatic N) is 1. The van der Waals surface area contributed by atoms with E-state index in [1.54, 1.807) is 0 Å². The van der Waals surface area contributed by atoms with Crippen molar-refractivity contribution >= 4 is 15.6 Å². The molecule has 0 bridgehead atoms. The maximum atomic E-state index is 13.9. The Bertz CT molecular complexity index is 802. The van der Waals surface area contributed by atoms with Crippen LogP contribution in [0.25, 0.3) is 0 Å². The third kappa shape index (κ3) is 5.16. The molecule has 1 unspecified atom stereocenters. The van der Waals surface area contributed by atoms with E-state index in [9.17, 15) is 23.1 Å². The smallest absolute Gasteiger partial charge is 0.349 e. The quantitative estimate of drug-likeness (QED) is 0.458. The van der Waals surface area contributed by atoms with Gasteiger partial charge < -0.3 is 19.4 Å². The van der Waals surface area contributed by atoms with Crippen LogP contribution in [0.1, 0.15) is 12.6 Å². The number of halogens is 1. The van der Waals surface area contributed by atoms with Gasteiger partial charge in [-0.3, -0.25) is 18.9 Å². The van der Waals surface area contributed by atoms with Gasteiger partial charge in [-0.05, 0) is 0 Å². The molecule has 1 aromatic heterocycles. The average Bonchev–Trinajstić information content (AvgIpc) is 2.75. The fourth-order valence-corrected chi connectivity index (χ4v) is 3.59. The third-order valence-electron chi connectivity index (χ3n) is 2.93. The molecule has 4 atom stereocenters. The highest BCUT2D eigenvalue weighted by atomic mass is 31.3. The highest BCUT2D eigenvalue weighted by Crippen LogP contribution is 2.57. The van der Waals surface area contributed by atoms with Gasteiger partial charge in [0, 0.05) is 18.7 Å². The number of alkyl halides is 1. The van der Waals surface area contributed by atoms with Gasteiger partial charge in [-0.15, -0.1) is 0 Å². The largest absolute Gasteiger partial charge is 0.481 e. The minimum absolute atomic E-state index is 0.310. The first-order chi connectivity index (χ1) is 11.0. The molecule has 1 aromatic rings. The van der Waals surface area contributed by atoms with Gasteiger partial charge in [0.2, 0.25) is 0 Å². The Morgan fingerprint density at radius 3 is 2.62 bits per heavy atom. The van der Waals surface area contributed by atoms with Crippen LogP contribution in [0.15, 0.2) is 21.9 Å². The molecule has 15 heteroatoms. The maximum Gasteiger partial charge on any atom is 0.481 e. The van der Waals surface area contributed by atoms with E-state index in [-0.39, 0.29) is 6.42 Å². The number of rotatable bonds is 6. The molecule has 2 heterocycles. The van der Waals surface area contributed by atoms with Crippen molar-refractivity contribution in [3.05, 3.63) is 33.1 Å². The monoisotopic (exact) mass is 390 g/mol. The molecule has 24 heavy (non-hydrogen) atoms. The van der Waals surface area contributed by atoms with E-state index in [0.29, 0.717) is 0 Å². The van der Waals surface area contributed by atoms with E-state index in [1.165, 1.54) is 0 Å². The zero-order chi connectivity index (χ0) is 18.1. The third-order valence-corrected chi connectivity index (χ3v) is 5.09. The standard InChI is InChI=1S/C9H13FN2O10P2/c10-5-3-8(12-2-1-7(13)11-9(12)14)21-6(5)4-20-24(18,19)22-23(15,16)17/h1-2,5-6,8H,3-4H2,(H,18,19)(H,11,13,14)(H2,15,16,17)/t5-,6+,8-/m0/s1. The number of phosphoric ester groups is 1. The Balaban J connectivity index is 2.01. The van der Waals surface area contributed by atoms with Crippen molar-refractivity contribution in [1.29, 1.82) is 0 Å². The first-order valence-corrected chi connectivity index (χ1v) is 9.35. The van der Waals surface area contributed by atoms with Gasteiger partial charge in [0.05, 0.1) is 6.61 Å². The second-order valence-corrected chi connectivity index (χ2v) is 7.56. The molecule has 1 aliphatic rings. The molecule has 1 aliphatic heterocycles. The average molecular weight is 390 g/mol. The molecule has 136 valence electrons. The molecule has 0 radical (unpaired) electrons. The van der Waals surface area contributed by atoms with Crippen LogP contribution in [0.5, 0.6) is 0 Å². The molecule has 1 fully saturated rings. The van der Waals surface area contributed by atoms with E-state index >= 15 is 0 Å². The zero-order valence-electron chi connectivity index (χ0n) is 11.7. The number of phosphoric acid groups is 2. The first-order valence-electron chi connectivity index (χ1n) is 6.32. The fraction of sp³-hybridized carbons (Fsp3) is 0.556. The molecule has 0 saturated carbocycles. The van der Waals surface area contributed by atoms with Crippen LogP contribution < -0.4 is 11.2 Å². The molecule has 0 spiro atoms. The van der Waals surface area contributed by atoms with E-state index in [1.807, 2.05) is 4.98 Å². The number of aromatic nitrogens is 2. The Morgan fingerprint density at radius 1 is 1.38 bits per heavy atom. The van der Waals surface area contributed by atoms with Crippen LogP contribution >= 0.6 is 15.6 Å². The first kappa shape index (κ1) is 19.2. The predicted molar refractivity (Wildman–Crippen MR) is 73.7 cm³/mol. The molecular formula is C9H13FN2O10P2. The maximum absolute atomic E-state index is 13.9. The summed E-state index contributed by atoms with van der Waals surface area (Å²) in [6.45, 7) is -0.858. The Morgan fingerprint density at radius 2 is 2.04 bits per heavy atom. The van der Waals surface area contributed by atoms with E-state index < -0.39 is 52.0 Å². The summed E-state index contributed by atoms with van der Waals surface area (Å²) in [7, 11) is -10.4. The zero-order valence-corrected chi connectivity index (χ0v) is 13.5. The van der Waals surface area contributed by atoms with Gasteiger partial charge in [-0.25, -0.2) is 18.3 Å². The normalized spacial score (nSPS) is 27.1. The lowest BCUT2D eigenvalue weighted by molar-refractivity contribution is -0.0349. The summed E-state index contributed by atoms with van der Waals surface area (Å²) in [5.41, 5.74) is -1.49. The van der Waals surface area contributed by atoms with Crippen molar-refractivity contribution in [3.8, 4) is 0 Å². The fourth-order valence-electron chi connectivity index (χ4n) is 1.99. The summed E-state index contributed by atoms with van der Waals surface area (Å²) in [6, 6.07) is 1.03. The lowest BCUT2D eigenvalue weighted by Crippen LogP contribution is -2.31. The van der Waals surface area contributed by atoms with Gasteiger partial charge in [0.15, 0.2) is 0 Å². The number of hydrogen-bond donors (Lipinski definition) is 4. The van der Waals surface area contributed by atoms with Crippen LogP contribution in [0, 0.1) is 0 Å². The summed E-state index contributed by atoms with van der Waals surface area (Å²) >= 11 is 0. The number of H-pyrrole nitrogens is 1.